The minimum Gasteiger partial charge on any atom is -0.379 e. The Hall–Kier alpha value is -0.780. The van der Waals surface area contributed by atoms with Gasteiger partial charge in [-0.25, -0.2) is 0 Å². The average molecular weight is 201 g/mol. The van der Waals surface area contributed by atoms with Gasteiger partial charge >= 0.3 is 0 Å². The number of hydrogen-bond donors (Lipinski definition) is 0. The fourth-order valence-electron chi connectivity index (χ4n) is 1.33. The van der Waals surface area contributed by atoms with Gasteiger partial charge in [0.2, 0.25) is 0 Å². The summed E-state index contributed by atoms with van der Waals surface area (Å²) in [5, 5.41) is 0. The predicted molar refractivity (Wildman–Crippen MR) is 49.1 cm³/mol. The number of aldehydes is 1. The minimum atomic E-state index is -0.919. The molecule has 1 fully saturated rings. The first-order valence-corrected chi connectivity index (χ1v) is 4.59. The van der Waals surface area contributed by atoms with E-state index in [2.05, 4.69) is 0 Å². The van der Waals surface area contributed by atoms with Crippen molar-refractivity contribution in [3.05, 3.63) is 0 Å². The average Bonchev–Trinajstić information content (AvgIpc) is 2.21. The Bertz CT molecular complexity index is 201. The summed E-state index contributed by atoms with van der Waals surface area (Å²) < 4.78 is 9.87. The number of hydrogen-bond acceptors (Lipinski definition) is 5. The maximum absolute atomic E-state index is 11.4. The molecule has 0 radical (unpaired) electrons. The van der Waals surface area contributed by atoms with Crippen LogP contribution in [0.3, 0.4) is 0 Å². The van der Waals surface area contributed by atoms with E-state index in [0.29, 0.717) is 19.5 Å². The highest BCUT2D eigenvalue weighted by Crippen LogP contribution is 1.98. The number of carbonyl (C=O) groups excluding carboxylic acids is 2. The van der Waals surface area contributed by atoms with Gasteiger partial charge in [0.25, 0.3) is 0 Å². The van der Waals surface area contributed by atoms with Crippen LogP contribution in [0.1, 0.15) is 0 Å². The molecule has 1 atom stereocenters. The Morgan fingerprint density at radius 2 is 2.21 bits per heavy atom. The van der Waals surface area contributed by atoms with E-state index in [1.165, 1.54) is 7.11 Å². The SMILES string of the molecule is COC(C=O)C(=O)CN1CCOCC1. The van der Waals surface area contributed by atoms with Gasteiger partial charge in [0.1, 0.15) is 0 Å². The van der Waals surface area contributed by atoms with Crippen LogP contribution in [-0.4, -0.2) is 63.0 Å². The highest BCUT2D eigenvalue weighted by molar-refractivity contribution is 5.97. The first kappa shape index (κ1) is 11.3. The molecule has 0 aliphatic carbocycles. The van der Waals surface area contributed by atoms with Crippen molar-refractivity contribution in [3.63, 3.8) is 0 Å². The standard InChI is InChI=1S/C9H15NO4/c1-13-9(7-11)8(12)6-10-2-4-14-5-3-10/h7,9H,2-6H2,1H3. The topological polar surface area (TPSA) is 55.8 Å². The highest BCUT2D eigenvalue weighted by atomic mass is 16.5. The normalized spacial score (nSPS) is 20.4. The number of morpholine rings is 1. The van der Waals surface area contributed by atoms with Gasteiger partial charge in [-0.3, -0.25) is 14.5 Å². The fourth-order valence-corrected chi connectivity index (χ4v) is 1.33. The van der Waals surface area contributed by atoms with E-state index in [0.717, 1.165) is 13.1 Å². The van der Waals surface area contributed by atoms with Gasteiger partial charge in [-0.1, -0.05) is 0 Å². The molecule has 1 aliphatic rings. The zero-order valence-electron chi connectivity index (χ0n) is 8.27. The molecule has 0 aromatic heterocycles. The van der Waals surface area contributed by atoms with Crippen LogP contribution in [0.15, 0.2) is 0 Å². The lowest BCUT2D eigenvalue weighted by Gasteiger charge is -2.26. The second-order valence-corrected chi connectivity index (χ2v) is 3.15. The molecule has 80 valence electrons. The van der Waals surface area contributed by atoms with Gasteiger partial charge in [0.15, 0.2) is 18.2 Å². The molecule has 14 heavy (non-hydrogen) atoms. The molecular formula is C9H15NO4. The lowest BCUT2D eigenvalue weighted by molar-refractivity contribution is -0.136. The number of Topliss-reactive ketones (excluding diaryl/α,β-unsaturated/α-hetero) is 1. The molecule has 1 rings (SSSR count). The predicted octanol–water partition coefficient (Wildman–Crippen LogP) is -0.898. The molecule has 0 N–H and O–H groups in total. The molecule has 5 heteroatoms. The lowest BCUT2D eigenvalue weighted by atomic mass is 10.2. The Kier molecular flexibility index (Phi) is 4.72. The van der Waals surface area contributed by atoms with Gasteiger partial charge in [-0.05, 0) is 0 Å². The van der Waals surface area contributed by atoms with Gasteiger partial charge in [-0.2, -0.15) is 0 Å². The zero-order valence-corrected chi connectivity index (χ0v) is 8.27. The molecule has 0 amide bonds. The number of ether oxygens (including phenoxy) is 2. The quantitative estimate of drug-likeness (QED) is 0.426. The van der Waals surface area contributed by atoms with E-state index < -0.39 is 6.10 Å². The molecule has 1 aliphatic heterocycles. The smallest absolute Gasteiger partial charge is 0.182 e. The fraction of sp³-hybridized carbons (Fsp3) is 0.778. The monoisotopic (exact) mass is 201 g/mol. The molecule has 5 nitrogen and oxygen atoms in total. The van der Waals surface area contributed by atoms with Gasteiger partial charge in [0, 0.05) is 20.2 Å². The highest BCUT2D eigenvalue weighted by Gasteiger charge is 2.20. The minimum absolute atomic E-state index is 0.190. The van der Waals surface area contributed by atoms with Crippen molar-refractivity contribution in [1.82, 2.24) is 4.90 Å². The maximum Gasteiger partial charge on any atom is 0.182 e. The van der Waals surface area contributed by atoms with Crippen LogP contribution in [0.25, 0.3) is 0 Å². The zero-order chi connectivity index (χ0) is 10.4. The Balaban J connectivity index is 2.34. The molecule has 0 saturated carbocycles. The Morgan fingerprint density at radius 3 is 2.71 bits per heavy atom. The van der Waals surface area contributed by atoms with Crippen LogP contribution in [-0.2, 0) is 19.1 Å². The summed E-state index contributed by atoms with van der Waals surface area (Å²) in [6, 6.07) is 0. The molecule has 0 bridgehead atoms. The van der Waals surface area contributed by atoms with E-state index in [4.69, 9.17) is 9.47 Å². The van der Waals surface area contributed by atoms with Gasteiger partial charge in [0.05, 0.1) is 19.8 Å². The van der Waals surface area contributed by atoms with Crippen LogP contribution in [0.4, 0.5) is 0 Å². The van der Waals surface area contributed by atoms with Crippen molar-refractivity contribution >= 4 is 12.1 Å². The number of methoxy groups -OCH3 is 1. The van der Waals surface area contributed by atoms with Crippen LogP contribution in [0.5, 0.6) is 0 Å². The van der Waals surface area contributed by atoms with E-state index in [9.17, 15) is 9.59 Å². The first-order valence-electron chi connectivity index (χ1n) is 4.59. The molecule has 1 heterocycles. The molecule has 1 unspecified atom stereocenters. The third-order valence-electron chi connectivity index (χ3n) is 2.18. The third kappa shape index (κ3) is 3.17. The van der Waals surface area contributed by atoms with E-state index in [1.54, 1.807) is 0 Å². The summed E-state index contributed by atoms with van der Waals surface area (Å²) in [5.41, 5.74) is 0. The third-order valence-corrected chi connectivity index (χ3v) is 2.18. The maximum atomic E-state index is 11.4. The van der Waals surface area contributed by atoms with Crippen molar-refractivity contribution in [2.24, 2.45) is 0 Å². The molecule has 0 spiro atoms. The summed E-state index contributed by atoms with van der Waals surface area (Å²) in [6.07, 6.45) is -0.388. The number of nitrogens with zero attached hydrogens (tertiary/aromatic N) is 1. The van der Waals surface area contributed by atoms with Crippen molar-refractivity contribution < 1.29 is 19.1 Å². The Morgan fingerprint density at radius 1 is 1.57 bits per heavy atom. The van der Waals surface area contributed by atoms with Crippen LogP contribution in [0, 0.1) is 0 Å². The summed E-state index contributed by atoms with van der Waals surface area (Å²) in [6.45, 7) is 3.03. The van der Waals surface area contributed by atoms with Crippen LogP contribution < -0.4 is 0 Å². The summed E-state index contributed by atoms with van der Waals surface area (Å²) in [4.78, 5) is 23.8. The van der Waals surface area contributed by atoms with Crippen LogP contribution in [0.2, 0.25) is 0 Å². The van der Waals surface area contributed by atoms with Crippen molar-refractivity contribution in [2.45, 2.75) is 6.10 Å². The van der Waals surface area contributed by atoms with Crippen molar-refractivity contribution in [3.8, 4) is 0 Å². The van der Waals surface area contributed by atoms with E-state index in [1.807, 2.05) is 4.90 Å². The molecule has 0 aromatic carbocycles. The summed E-state index contributed by atoms with van der Waals surface area (Å²) in [7, 11) is 1.36. The summed E-state index contributed by atoms with van der Waals surface area (Å²) >= 11 is 0. The lowest BCUT2D eigenvalue weighted by Crippen LogP contribution is -2.43. The summed E-state index contributed by atoms with van der Waals surface area (Å²) in [5.74, 6) is -0.190. The van der Waals surface area contributed by atoms with Gasteiger partial charge in [-0.15, -0.1) is 0 Å². The molecular weight excluding hydrogens is 186 g/mol. The van der Waals surface area contributed by atoms with Gasteiger partial charge < -0.3 is 9.47 Å². The van der Waals surface area contributed by atoms with E-state index in [-0.39, 0.29) is 12.3 Å². The molecule has 1 saturated heterocycles. The number of rotatable bonds is 5. The Labute approximate surface area is 83.0 Å². The van der Waals surface area contributed by atoms with E-state index >= 15 is 0 Å². The second-order valence-electron chi connectivity index (χ2n) is 3.15. The van der Waals surface area contributed by atoms with Crippen molar-refractivity contribution in [1.29, 1.82) is 0 Å². The van der Waals surface area contributed by atoms with Crippen molar-refractivity contribution in [2.75, 3.05) is 40.0 Å². The largest absolute Gasteiger partial charge is 0.379 e. The molecule has 0 aromatic rings. The second kappa shape index (κ2) is 5.85. The van der Waals surface area contributed by atoms with Crippen LogP contribution >= 0.6 is 0 Å². The number of ketones is 1. The first-order chi connectivity index (χ1) is 6.77. The number of carbonyl (C=O) groups is 2.